The summed E-state index contributed by atoms with van der Waals surface area (Å²) in [6.45, 7) is 2.00. The number of nitrogens with zero attached hydrogens (tertiary/aromatic N) is 2. The second kappa shape index (κ2) is 8.64. The Kier molecular flexibility index (Phi) is 5.78. The van der Waals surface area contributed by atoms with E-state index < -0.39 is 4.92 Å². The highest BCUT2D eigenvalue weighted by atomic mass is 32.1. The first-order valence-corrected chi connectivity index (χ1v) is 10.5. The van der Waals surface area contributed by atoms with Crippen molar-refractivity contribution in [1.29, 1.82) is 0 Å². The van der Waals surface area contributed by atoms with Crippen molar-refractivity contribution in [3.05, 3.63) is 75.7 Å². The lowest BCUT2D eigenvalue weighted by Gasteiger charge is -2.19. The first kappa shape index (κ1) is 20.1. The number of rotatable bonds is 6. The van der Waals surface area contributed by atoms with Gasteiger partial charge in [0.2, 0.25) is 0 Å². The van der Waals surface area contributed by atoms with Crippen molar-refractivity contribution in [3.8, 4) is 10.4 Å². The highest BCUT2D eigenvalue weighted by Crippen LogP contribution is 2.31. The van der Waals surface area contributed by atoms with Gasteiger partial charge >= 0.3 is 0 Å². The van der Waals surface area contributed by atoms with E-state index >= 15 is 0 Å². The molecule has 8 heteroatoms. The van der Waals surface area contributed by atoms with E-state index in [1.165, 1.54) is 23.5 Å². The summed E-state index contributed by atoms with van der Waals surface area (Å²) in [6.07, 6.45) is 1.13. The van der Waals surface area contributed by atoms with Crippen molar-refractivity contribution in [1.82, 2.24) is 5.32 Å². The summed E-state index contributed by atoms with van der Waals surface area (Å²) in [7, 11) is 1.99. The second-order valence-corrected chi connectivity index (χ2v) is 8.28. The van der Waals surface area contributed by atoms with E-state index in [2.05, 4.69) is 15.5 Å². The zero-order valence-electron chi connectivity index (χ0n) is 16.5. The number of carbonyl (C=O) groups is 1. The fraction of sp³-hybridized carbons (Fsp3) is 0.227. The number of likely N-dealkylation sites (N-methyl/N-ethyl adjacent to an activating group) is 1. The Morgan fingerprint density at radius 3 is 2.67 bits per heavy atom. The third-order valence-corrected chi connectivity index (χ3v) is 6.39. The summed E-state index contributed by atoms with van der Waals surface area (Å²) >= 11 is 1.31. The monoisotopic (exact) mass is 422 g/mol. The van der Waals surface area contributed by atoms with Crippen LogP contribution in [0.25, 0.3) is 10.4 Å². The number of nitro groups is 1. The minimum Gasteiger partial charge on any atom is -0.370 e. The number of carbonyl (C=O) groups excluding carboxylic acids is 1. The number of benzene rings is 2. The van der Waals surface area contributed by atoms with Crippen LogP contribution in [0.4, 0.5) is 17.1 Å². The molecule has 0 saturated carbocycles. The van der Waals surface area contributed by atoms with Crippen LogP contribution in [-0.2, 0) is 0 Å². The second-order valence-electron chi connectivity index (χ2n) is 7.19. The van der Waals surface area contributed by atoms with Crippen molar-refractivity contribution in [2.24, 2.45) is 0 Å². The van der Waals surface area contributed by atoms with Crippen LogP contribution >= 0.6 is 11.3 Å². The molecule has 0 spiro atoms. The van der Waals surface area contributed by atoms with Crippen molar-refractivity contribution in [3.63, 3.8) is 0 Å². The molecule has 1 fully saturated rings. The highest BCUT2D eigenvalue weighted by molar-refractivity contribution is 7.17. The predicted octanol–water partition coefficient (Wildman–Crippen LogP) is 4.37. The lowest BCUT2D eigenvalue weighted by Crippen LogP contribution is -2.29. The molecule has 0 aliphatic carbocycles. The number of thiophene rings is 1. The predicted molar refractivity (Wildman–Crippen MR) is 120 cm³/mol. The van der Waals surface area contributed by atoms with Gasteiger partial charge in [-0.25, -0.2) is 0 Å². The normalized spacial score (nSPS) is 15.9. The zero-order chi connectivity index (χ0) is 21.1. The van der Waals surface area contributed by atoms with Gasteiger partial charge in [-0.1, -0.05) is 12.1 Å². The Bertz CT molecular complexity index is 1060. The summed E-state index contributed by atoms with van der Waals surface area (Å²) in [5.41, 5.74) is 2.64. The van der Waals surface area contributed by atoms with E-state index in [9.17, 15) is 14.9 Å². The minimum atomic E-state index is -0.421. The summed E-state index contributed by atoms with van der Waals surface area (Å²) in [5.74, 6) is -0.194. The van der Waals surface area contributed by atoms with Crippen LogP contribution in [0.2, 0.25) is 0 Å². The summed E-state index contributed by atoms with van der Waals surface area (Å²) in [5, 5.41) is 17.2. The molecule has 154 valence electrons. The molecule has 1 amide bonds. The first-order valence-electron chi connectivity index (χ1n) is 9.72. The van der Waals surface area contributed by atoms with E-state index in [-0.39, 0.29) is 11.6 Å². The molecule has 1 aromatic heterocycles. The molecule has 3 aromatic rings. The molecule has 0 radical (unpaired) electrons. The topological polar surface area (TPSA) is 87.5 Å². The first-order chi connectivity index (χ1) is 14.5. The van der Waals surface area contributed by atoms with Crippen LogP contribution < -0.4 is 15.5 Å². The molecule has 2 heterocycles. The van der Waals surface area contributed by atoms with Crippen LogP contribution in [0.3, 0.4) is 0 Å². The maximum absolute atomic E-state index is 12.6. The minimum absolute atomic E-state index is 0.0334. The molecule has 2 aromatic carbocycles. The molecule has 1 saturated heterocycles. The van der Waals surface area contributed by atoms with Crippen molar-refractivity contribution < 1.29 is 9.72 Å². The summed E-state index contributed by atoms with van der Waals surface area (Å²) in [6, 6.07) is 18.4. The maximum atomic E-state index is 12.6. The molecular weight excluding hydrogens is 400 g/mol. The number of anilines is 2. The van der Waals surface area contributed by atoms with E-state index in [4.69, 9.17) is 0 Å². The van der Waals surface area contributed by atoms with Gasteiger partial charge in [0.1, 0.15) is 0 Å². The van der Waals surface area contributed by atoms with Gasteiger partial charge in [0.05, 0.1) is 9.80 Å². The van der Waals surface area contributed by atoms with Crippen molar-refractivity contribution in [2.75, 3.05) is 30.4 Å². The third kappa shape index (κ3) is 4.34. The van der Waals surface area contributed by atoms with Crippen LogP contribution in [0.5, 0.6) is 0 Å². The highest BCUT2D eigenvalue weighted by Gasteiger charge is 2.21. The van der Waals surface area contributed by atoms with E-state index in [0.29, 0.717) is 10.9 Å². The Balaban J connectivity index is 1.42. The number of amides is 1. The fourth-order valence-electron chi connectivity index (χ4n) is 3.57. The Labute approximate surface area is 178 Å². The van der Waals surface area contributed by atoms with E-state index in [1.54, 1.807) is 18.2 Å². The van der Waals surface area contributed by atoms with Crippen molar-refractivity contribution in [2.45, 2.75) is 12.5 Å². The van der Waals surface area contributed by atoms with Crippen molar-refractivity contribution >= 4 is 34.3 Å². The smallest absolute Gasteiger partial charge is 0.270 e. The van der Waals surface area contributed by atoms with Gasteiger partial charge in [0.25, 0.3) is 11.6 Å². The molecular formula is C22H22N4O3S. The zero-order valence-corrected chi connectivity index (χ0v) is 17.3. The Hall–Kier alpha value is -3.23. The maximum Gasteiger partial charge on any atom is 0.270 e. The van der Waals surface area contributed by atoms with Crippen LogP contribution in [0.1, 0.15) is 16.1 Å². The Morgan fingerprint density at radius 2 is 1.97 bits per heavy atom. The SMILES string of the molecule is CNC1CCN(c2ccc(NC(=O)c3ccc(-c4cccc([N+](=O)[O-])c4)s3)cc2)C1. The standard InChI is InChI=1S/C22H22N4O3S/c1-23-17-11-12-25(14-17)18-7-5-16(6-8-18)24-22(27)21-10-9-20(30-21)15-3-2-4-19(13-15)26(28)29/h2-10,13,17,23H,11-12,14H2,1H3,(H,24,27). The molecule has 7 nitrogen and oxygen atoms in total. The van der Waals surface area contributed by atoms with Gasteiger partial charge in [0.15, 0.2) is 0 Å². The average Bonchev–Trinajstić information content (AvgIpc) is 3.44. The van der Waals surface area contributed by atoms with E-state index in [0.717, 1.165) is 41.3 Å². The molecule has 4 rings (SSSR count). The fourth-order valence-corrected chi connectivity index (χ4v) is 4.46. The van der Waals surface area contributed by atoms with Gasteiger partial charge in [0, 0.05) is 47.5 Å². The number of non-ortho nitro benzene ring substituents is 1. The number of nitrogens with one attached hydrogen (secondary N) is 2. The third-order valence-electron chi connectivity index (χ3n) is 5.26. The number of hydrogen-bond donors (Lipinski definition) is 2. The summed E-state index contributed by atoms with van der Waals surface area (Å²) in [4.78, 5) is 26.9. The van der Waals surface area contributed by atoms with Gasteiger partial charge in [-0.05, 0) is 55.4 Å². The summed E-state index contributed by atoms with van der Waals surface area (Å²) < 4.78 is 0. The van der Waals surface area contributed by atoms with Gasteiger partial charge < -0.3 is 15.5 Å². The molecule has 1 aliphatic heterocycles. The molecule has 1 unspecified atom stereocenters. The van der Waals surface area contributed by atoms with Gasteiger partial charge in [-0.2, -0.15) is 0 Å². The molecule has 30 heavy (non-hydrogen) atoms. The van der Waals surface area contributed by atoms with Crippen LogP contribution in [0, 0.1) is 10.1 Å². The van der Waals surface area contributed by atoms with Crippen LogP contribution in [0.15, 0.2) is 60.7 Å². The Morgan fingerprint density at radius 1 is 1.17 bits per heavy atom. The molecule has 1 atom stereocenters. The molecule has 2 N–H and O–H groups in total. The lowest BCUT2D eigenvalue weighted by atomic mass is 10.2. The average molecular weight is 423 g/mol. The van der Waals surface area contributed by atoms with Gasteiger partial charge in [-0.15, -0.1) is 11.3 Å². The molecule has 0 bridgehead atoms. The van der Waals surface area contributed by atoms with Gasteiger partial charge in [-0.3, -0.25) is 14.9 Å². The largest absolute Gasteiger partial charge is 0.370 e. The van der Waals surface area contributed by atoms with Crippen LogP contribution in [-0.4, -0.2) is 37.0 Å². The van der Waals surface area contributed by atoms with E-state index in [1.807, 2.05) is 37.4 Å². The lowest BCUT2D eigenvalue weighted by molar-refractivity contribution is -0.384. The quantitative estimate of drug-likeness (QED) is 0.455. The molecule has 1 aliphatic rings. The number of nitro benzene ring substituents is 1. The number of hydrogen-bond acceptors (Lipinski definition) is 6.